The second-order valence-electron chi connectivity index (χ2n) is 8.20. The molecule has 7 nitrogen and oxygen atoms in total. The number of carbonyl (C=O) groups excluding carboxylic acids is 2. The molecule has 0 atom stereocenters. The average molecular weight is 594 g/mol. The Morgan fingerprint density at radius 1 is 1.00 bits per heavy atom. The maximum Gasteiger partial charge on any atom is 0.281 e. The summed E-state index contributed by atoms with van der Waals surface area (Å²) in [6.07, 6.45) is 0.149. The SMILES string of the molecule is CC1=NN(C(=O)c2ccc(Cn3c(-c4ccccc4)nc4c(Br)cc(Br)cc4c3=O)cc2)C(=O)C1. The number of carbonyl (C=O) groups is 2. The van der Waals surface area contributed by atoms with Crippen molar-refractivity contribution in [3.05, 3.63) is 97.2 Å². The molecule has 0 aliphatic carbocycles. The van der Waals surface area contributed by atoms with Crippen LogP contribution in [0.3, 0.4) is 0 Å². The van der Waals surface area contributed by atoms with E-state index < -0.39 is 5.91 Å². The van der Waals surface area contributed by atoms with Crippen LogP contribution in [0.4, 0.5) is 0 Å². The van der Waals surface area contributed by atoms with Crippen molar-refractivity contribution in [2.45, 2.75) is 19.9 Å². The third-order valence-electron chi connectivity index (χ3n) is 5.66. The monoisotopic (exact) mass is 592 g/mol. The Labute approximate surface area is 217 Å². The largest absolute Gasteiger partial charge is 0.288 e. The number of hydrogen-bond acceptors (Lipinski definition) is 5. The summed E-state index contributed by atoms with van der Waals surface area (Å²) in [5, 5.41) is 5.42. The Hall–Kier alpha value is -3.43. The van der Waals surface area contributed by atoms with Crippen LogP contribution in [0.1, 0.15) is 29.3 Å². The molecule has 0 saturated carbocycles. The maximum absolute atomic E-state index is 13.6. The number of rotatable bonds is 4. The Bertz CT molecular complexity index is 1580. The molecule has 0 bridgehead atoms. The van der Waals surface area contributed by atoms with Gasteiger partial charge in [-0.1, -0.05) is 58.4 Å². The van der Waals surface area contributed by atoms with E-state index in [4.69, 9.17) is 4.98 Å². The molecule has 0 fully saturated rings. The van der Waals surface area contributed by atoms with E-state index in [0.717, 1.165) is 25.1 Å². The maximum atomic E-state index is 13.6. The summed E-state index contributed by atoms with van der Waals surface area (Å²) in [5.74, 6) is -0.267. The molecular formula is C26H18Br2N4O3. The highest BCUT2D eigenvalue weighted by Crippen LogP contribution is 2.28. The van der Waals surface area contributed by atoms with E-state index in [0.29, 0.717) is 28.0 Å². The standard InChI is InChI=1S/C26H18Br2N4O3/c1-15-11-22(33)32(30-15)25(34)18-9-7-16(8-10-18)14-31-24(17-5-3-2-4-6-17)29-23-20(26(31)35)12-19(27)13-21(23)28/h2-10,12-13H,11,14H2,1H3. The number of imide groups is 1. The van der Waals surface area contributed by atoms with Crippen molar-refractivity contribution < 1.29 is 9.59 Å². The minimum absolute atomic E-state index is 0.149. The molecule has 3 aromatic carbocycles. The van der Waals surface area contributed by atoms with Gasteiger partial charge in [-0.05, 0) is 52.7 Å². The fourth-order valence-electron chi connectivity index (χ4n) is 3.98. The van der Waals surface area contributed by atoms with Crippen LogP contribution in [0.5, 0.6) is 0 Å². The van der Waals surface area contributed by atoms with Gasteiger partial charge in [-0.25, -0.2) is 4.98 Å². The third kappa shape index (κ3) is 4.49. The smallest absolute Gasteiger partial charge is 0.281 e. The quantitative estimate of drug-likeness (QED) is 0.297. The average Bonchev–Trinajstić information content (AvgIpc) is 3.19. The molecule has 35 heavy (non-hydrogen) atoms. The van der Waals surface area contributed by atoms with Gasteiger partial charge in [0.25, 0.3) is 17.4 Å². The van der Waals surface area contributed by atoms with Crippen LogP contribution in [0.25, 0.3) is 22.3 Å². The van der Waals surface area contributed by atoms with E-state index in [1.807, 2.05) is 36.4 Å². The molecule has 2 heterocycles. The van der Waals surface area contributed by atoms with E-state index >= 15 is 0 Å². The molecule has 174 valence electrons. The van der Waals surface area contributed by atoms with Crippen LogP contribution in [0.15, 0.2) is 85.6 Å². The van der Waals surface area contributed by atoms with Crippen molar-refractivity contribution in [2.75, 3.05) is 0 Å². The van der Waals surface area contributed by atoms with Gasteiger partial charge < -0.3 is 0 Å². The predicted molar refractivity (Wildman–Crippen MR) is 141 cm³/mol. The first-order valence-electron chi connectivity index (χ1n) is 10.8. The van der Waals surface area contributed by atoms with Crippen molar-refractivity contribution in [1.82, 2.24) is 14.6 Å². The Morgan fingerprint density at radius 2 is 1.71 bits per heavy atom. The first-order valence-corrected chi connectivity index (χ1v) is 12.4. The van der Waals surface area contributed by atoms with Crippen LogP contribution in [-0.4, -0.2) is 32.1 Å². The highest BCUT2D eigenvalue weighted by Gasteiger charge is 2.28. The highest BCUT2D eigenvalue weighted by atomic mass is 79.9. The number of benzene rings is 3. The van der Waals surface area contributed by atoms with Gasteiger partial charge in [0.15, 0.2) is 0 Å². The lowest BCUT2D eigenvalue weighted by molar-refractivity contribution is -0.126. The fourth-order valence-corrected chi connectivity index (χ4v) is 5.29. The molecular weight excluding hydrogens is 576 g/mol. The van der Waals surface area contributed by atoms with Crippen LogP contribution >= 0.6 is 31.9 Å². The molecule has 1 aromatic heterocycles. The van der Waals surface area contributed by atoms with Crippen LogP contribution in [0, 0.1) is 0 Å². The molecule has 5 rings (SSSR count). The summed E-state index contributed by atoms with van der Waals surface area (Å²) < 4.78 is 3.12. The van der Waals surface area contributed by atoms with Crippen molar-refractivity contribution in [2.24, 2.45) is 5.10 Å². The van der Waals surface area contributed by atoms with E-state index in [2.05, 4.69) is 37.0 Å². The van der Waals surface area contributed by atoms with Gasteiger partial charge in [0.05, 0.1) is 23.9 Å². The normalized spacial score (nSPS) is 13.4. The predicted octanol–water partition coefficient (Wildman–Crippen LogP) is 5.39. The number of nitrogens with zero attached hydrogens (tertiary/aromatic N) is 4. The lowest BCUT2D eigenvalue weighted by atomic mass is 10.1. The Kier molecular flexibility index (Phi) is 6.21. The van der Waals surface area contributed by atoms with Crippen molar-refractivity contribution in [3.8, 4) is 11.4 Å². The van der Waals surface area contributed by atoms with Crippen LogP contribution in [0.2, 0.25) is 0 Å². The third-order valence-corrected chi connectivity index (χ3v) is 6.72. The minimum Gasteiger partial charge on any atom is -0.288 e. The van der Waals surface area contributed by atoms with Crippen molar-refractivity contribution in [1.29, 1.82) is 0 Å². The number of amides is 2. The van der Waals surface area contributed by atoms with Crippen molar-refractivity contribution >= 4 is 60.3 Å². The summed E-state index contributed by atoms with van der Waals surface area (Å²) in [4.78, 5) is 43.2. The summed E-state index contributed by atoms with van der Waals surface area (Å²) >= 11 is 6.98. The topological polar surface area (TPSA) is 84.6 Å². The summed E-state index contributed by atoms with van der Waals surface area (Å²) in [6, 6.07) is 20.0. The molecule has 0 radical (unpaired) electrons. The zero-order chi connectivity index (χ0) is 24.7. The molecule has 2 amide bonds. The van der Waals surface area contributed by atoms with Crippen molar-refractivity contribution in [3.63, 3.8) is 0 Å². The summed E-state index contributed by atoms with van der Waals surface area (Å²) in [6.45, 7) is 1.97. The van der Waals surface area contributed by atoms with Gasteiger partial charge in [-0.2, -0.15) is 10.1 Å². The fraction of sp³-hybridized carbons (Fsp3) is 0.115. The Balaban J connectivity index is 1.56. The molecule has 4 aromatic rings. The van der Waals surface area contributed by atoms with Gasteiger partial charge in [0.2, 0.25) is 0 Å². The van der Waals surface area contributed by atoms with Crippen LogP contribution < -0.4 is 5.56 Å². The number of halogens is 2. The number of hydrogen-bond donors (Lipinski definition) is 0. The number of hydrazone groups is 1. The molecule has 1 aliphatic rings. The van der Waals surface area contributed by atoms with Gasteiger partial charge in [0.1, 0.15) is 5.82 Å². The lowest BCUT2D eigenvalue weighted by Gasteiger charge is -2.15. The molecule has 0 saturated heterocycles. The highest BCUT2D eigenvalue weighted by molar-refractivity contribution is 9.11. The van der Waals surface area contributed by atoms with E-state index in [1.165, 1.54) is 0 Å². The second kappa shape index (κ2) is 9.31. The first-order chi connectivity index (χ1) is 16.8. The second-order valence-corrected chi connectivity index (χ2v) is 9.97. The first kappa shape index (κ1) is 23.3. The summed E-state index contributed by atoms with van der Waals surface area (Å²) in [7, 11) is 0. The van der Waals surface area contributed by atoms with E-state index in [9.17, 15) is 14.4 Å². The minimum atomic E-state index is -0.470. The van der Waals surface area contributed by atoms with Crippen LogP contribution in [-0.2, 0) is 11.3 Å². The number of fused-ring (bicyclic) bond motifs is 1. The van der Waals surface area contributed by atoms with E-state index in [-0.39, 0.29) is 24.4 Å². The van der Waals surface area contributed by atoms with Gasteiger partial charge in [-0.3, -0.25) is 19.0 Å². The molecule has 9 heteroatoms. The molecule has 0 unspecified atom stereocenters. The van der Waals surface area contributed by atoms with Gasteiger partial charge in [0, 0.05) is 25.8 Å². The van der Waals surface area contributed by atoms with E-state index in [1.54, 1.807) is 41.8 Å². The zero-order valence-electron chi connectivity index (χ0n) is 18.5. The zero-order valence-corrected chi connectivity index (χ0v) is 21.7. The van der Waals surface area contributed by atoms with Gasteiger partial charge in [-0.15, -0.1) is 0 Å². The summed E-state index contributed by atoms with van der Waals surface area (Å²) in [5.41, 5.74) is 2.98. The Morgan fingerprint density at radius 3 is 2.37 bits per heavy atom. The lowest BCUT2D eigenvalue weighted by Crippen LogP contribution is -2.28. The molecule has 0 spiro atoms. The van der Waals surface area contributed by atoms with Gasteiger partial charge >= 0.3 is 0 Å². The molecule has 1 aliphatic heterocycles. The molecule has 0 N–H and O–H groups in total. The number of aromatic nitrogens is 2.